The molecule has 0 fully saturated rings. The van der Waals surface area contributed by atoms with E-state index in [1.54, 1.807) is 11.8 Å². The molecule has 0 saturated carbocycles. The van der Waals surface area contributed by atoms with Crippen LogP contribution in [0.25, 0.3) is 22.8 Å². The molecule has 42 heavy (non-hydrogen) atoms. The van der Waals surface area contributed by atoms with Gasteiger partial charge in [0.15, 0.2) is 5.82 Å². The largest absolute Gasteiger partial charge is 0.431 e. The van der Waals surface area contributed by atoms with Crippen LogP contribution < -0.4 is 10.6 Å². The van der Waals surface area contributed by atoms with Crippen LogP contribution in [0.15, 0.2) is 34.9 Å². The van der Waals surface area contributed by atoms with Crippen LogP contribution in [0.1, 0.15) is 74.6 Å². The van der Waals surface area contributed by atoms with Crippen molar-refractivity contribution in [2.45, 2.75) is 72.0 Å². The lowest BCUT2D eigenvalue weighted by Gasteiger charge is -2.14. The summed E-state index contributed by atoms with van der Waals surface area (Å²) in [5.74, 6) is 0.456. The number of ether oxygens (including phenoxy) is 3. The van der Waals surface area contributed by atoms with E-state index < -0.39 is 0 Å². The number of oxazole rings is 1. The van der Waals surface area contributed by atoms with Gasteiger partial charge in [0.1, 0.15) is 0 Å². The summed E-state index contributed by atoms with van der Waals surface area (Å²) in [6.45, 7) is 10.7. The van der Waals surface area contributed by atoms with E-state index in [4.69, 9.17) is 18.6 Å². The van der Waals surface area contributed by atoms with E-state index in [0.717, 1.165) is 25.7 Å². The fraction of sp³-hybridized carbons (Fsp3) is 0.567. The Hall–Kier alpha value is -3.61. The van der Waals surface area contributed by atoms with Gasteiger partial charge in [-0.25, -0.2) is 14.6 Å². The predicted octanol–water partition coefficient (Wildman–Crippen LogP) is 4.12. The minimum Gasteiger partial charge on any atom is -0.431 e. The highest BCUT2D eigenvalue weighted by molar-refractivity contribution is 5.92. The SMILES string of the molecule is CCC(CC)NC(=O)c1cnc(-c2cccc(-c3nc(C(=O)NC(CC)CC)n(CCOCCOCCOC)n3)c2)o1. The van der Waals surface area contributed by atoms with Crippen LogP contribution in [0.2, 0.25) is 0 Å². The number of carbonyl (C=O) groups is 2. The zero-order valence-electron chi connectivity index (χ0n) is 25.4. The quantitative estimate of drug-likeness (QED) is 0.199. The Balaban J connectivity index is 1.77. The van der Waals surface area contributed by atoms with Gasteiger partial charge in [-0.15, -0.1) is 0 Å². The molecule has 0 aliphatic heterocycles. The summed E-state index contributed by atoms with van der Waals surface area (Å²) in [6, 6.07) is 7.45. The van der Waals surface area contributed by atoms with Crippen LogP contribution >= 0.6 is 0 Å². The van der Waals surface area contributed by atoms with Crippen molar-refractivity contribution in [2.75, 3.05) is 40.1 Å². The first-order valence-corrected chi connectivity index (χ1v) is 14.7. The maximum Gasteiger partial charge on any atom is 0.289 e. The lowest BCUT2D eigenvalue weighted by molar-refractivity contribution is 0.0224. The Bertz CT molecular complexity index is 1250. The normalized spacial score (nSPS) is 11.4. The molecule has 2 amide bonds. The number of rotatable bonds is 19. The Morgan fingerprint density at radius 1 is 0.881 bits per heavy atom. The number of amides is 2. The van der Waals surface area contributed by atoms with E-state index in [9.17, 15) is 9.59 Å². The van der Waals surface area contributed by atoms with Gasteiger partial charge < -0.3 is 29.3 Å². The van der Waals surface area contributed by atoms with Crippen LogP contribution in [0.5, 0.6) is 0 Å². The van der Waals surface area contributed by atoms with Crippen LogP contribution in [0.3, 0.4) is 0 Å². The van der Waals surface area contributed by atoms with Gasteiger partial charge >= 0.3 is 0 Å². The number of benzene rings is 1. The number of hydrogen-bond acceptors (Lipinski definition) is 9. The number of hydrogen-bond donors (Lipinski definition) is 2. The fourth-order valence-corrected chi connectivity index (χ4v) is 4.20. The average Bonchev–Trinajstić information content (AvgIpc) is 3.68. The van der Waals surface area contributed by atoms with E-state index in [1.807, 2.05) is 52.0 Å². The molecule has 0 saturated heterocycles. The molecule has 12 heteroatoms. The van der Waals surface area contributed by atoms with Crippen LogP contribution in [-0.4, -0.2) is 83.8 Å². The molecule has 2 heterocycles. The van der Waals surface area contributed by atoms with Gasteiger partial charge in [-0.05, 0) is 37.8 Å². The highest BCUT2D eigenvalue weighted by Crippen LogP contribution is 2.25. The molecule has 0 radical (unpaired) electrons. The zero-order chi connectivity index (χ0) is 30.3. The van der Waals surface area contributed by atoms with Gasteiger partial charge in [0, 0.05) is 30.3 Å². The second kappa shape index (κ2) is 17.4. The summed E-state index contributed by atoms with van der Waals surface area (Å²) >= 11 is 0. The van der Waals surface area contributed by atoms with Gasteiger partial charge in [0.25, 0.3) is 11.8 Å². The second-order valence-corrected chi connectivity index (χ2v) is 9.78. The molecule has 3 rings (SSSR count). The third-order valence-corrected chi connectivity index (χ3v) is 6.86. The van der Waals surface area contributed by atoms with Crippen LogP contribution in [0, 0.1) is 0 Å². The molecule has 2 N–H and O–H groups in total. The highest BCUT2D eigenvalue weighted by atomic mass is 16.5. The maximum atomic E-state index is 13.2. The van der Waals surface area contributed by atoms with Crippen molar-refractivity contribution in [1.82, 2.24) is 30.4 Å². The van der Waals surface area contributed by atoms with Gasteiger partial charge in [-0.2, -0.15) is 5.10 Å². The minimum atomic E-state index is -0.295. The molecule has 230 valence electrons. The number of nitrogens with one attached hydrogen (secondary N) is 2. The molecule has 0 aliphatic carbocycles. The van der Waals surface area contributed by atoms with Crippen molar-refractivity contribution in [3.63, 3.8) is 0 Å². The van der Waals surface area contributed by atoms with Crippen molar-refractivity contribution in [1.29, 1.82) is 0 Å². The Labute approximate surface area is 247 Å². The number of carbonyl (C=O) groups excluding carboxylic acids is 2. The van der Waals surface area contributed by atoms with Crippen molar-refractivity contribution in [3.8, 4) is 22.8 Å². The summed E-state index contributed by atoms with van der Waals surface area (Å²) < 4.78 is 23.4. The molecule has 3 aromatic rings. The first-order valence-electron chi connectivity index (χ1n) is 14.7. The molecule has 2 aromatic heterocycles. The molecule has 12 nitrogen and oxygen atoms in total. The van der Waals surface area contributed by atoms with Crippen molar-refractivity contribution in [2.24, 2.45) is 0 Å². The lowest BCUT2D eigenvalue weighted by atomic mass is 10.1. The molecule has 0 bridgehead atoms. The standard InChI is InChI=1S/C30H44N6O6/c1-6-23(7-2)32-28(37)25-20-31-30(42-25)22-12-10-11-21(19-22)26-34-27(29(38)33-24(8-3)9-4)36(35-26)13-14-40-17-18-41-16-15-39-5/h10-12,19-20,23-24H,6-9,13-18H2,1-5H3,(H,32,37)(H,33,38). The first-order chi connectivity index (χ1) is 20.4. The third kappa shape index (κ3) is 9.47. The van der Waals surface area contributed by atoms with E-state index >= 15 is 0 Å². The zero-order valence-corrected chi connectivity index (χ0v) is 25.4. The van der Waals surface area contributed by atoms with E-state index in [0.29, 0.717) is 62.4 Å². The second-order valence-electron chi connectivity index (χ2n) is 9.78. The van der Waals surface area contributed by atoms with Crippen LogP contribution in [-0.2, 0) is 20.8 Å². The van der Waals surface area contributed by atoms with Gasteiger partial charge in [0.2, 0.25) is 17.5 Å². The molecule has 1 aromatic carbocycles. The Kier molecular flexibility index (Phi) is 13.6. The van der Waals surface area contributed by atoms with Crippen molar-refractivity contribution < 1.29 is 28.2 Å². The van der Waals surface area contributed by atoms with Crippen LogP contribution in [0.4, 0.5) is 0 Å². The topological polar surface area (TPSA) is 143 Å². The van der Waals surface area contributed by atoms with Gasteiger partial charge in [-0.1, -0.05) is 39.8 Å². The minimum absolute atomic E-state index is 0.0382. The fourth-order valence-electron chi connectivity index (χ4n) is 4.20. The van der Waals surface area contributed by atoms with E-state index in [2.05, 4.69) is 25.7 Å². The van der Waals surface area contributed by atoms with E-state index in [-0.39, 0.29) is 35.5 Å². The number of methoxy groups -OCH3 is 1. The molecule has 0 atom stereocenters. The Morgan fingerprint density at radius 3 is 2.17 bits per heavy atom. The summed E-state index contributed by atoms with van der Waals surface area (Å²) in [7, 11) is 1.62. The van der Waals surface area contributed by atoms with Gasteiger partial charge in [0.05, 0.1) is 45.8 Å². The first kappa shape index (κ1) is 32.9. The maximum absolute atomic E-state index is 13.2. The lowest BCUT2D eigenvalue weighted by Crippen LogP contribution is -2.35. The molecular weight excluding hydrogens is 540 g/mol. The summed E-state index contributed by atoms with van der Waals surface area (Å²) in [4.78, 5) is 34.7. The monoisotopic (exact) mass is 584 g/mol. The van der Waals surface area contributed by atoms with Crippen molar-refractivity contribution >= 4 is 11.8 Å². The molecule has 0 spiro atoms. The highest BCUT2D eigenvalue weighted by Gasteiger charge is 2.21. The number of nitrogens with zero attached hydrogens (tertiary/aromatic N) is 4. The summed E-state index contributed by atoms with van der Waals surface area (Å²) in [5.41, 5.74) is 1.33. The molecular formula is C30H44N6O6. The smallest absolute Gasteiger partial charge is 0.289 e. The number of aromatic nitrogens is 4. The average molecular weight is 585 g/mol. The molecule has 0 aliphatic rings. The summed E-state index contributed by atoms with van der Waals surface area (Å²) in [5, 5.41) is 10.6. The third-order valence-electron chi connectivity index (χ3n) is 6.86. The summed E-state index contributed by atoms with van der Waals surface area (Å²) in [6.07, 6.45) is 4.71. The van der Waals surface area contributed by atoms with E-state index in [1.165, 1.54) is 6.20 Å². The Morgan fingerprint density at radius 2 is 1.50 bits per heavy atom. The van der Waals surface area contributed by atoms with Crippen molar-refractivity contribution in [3.05, 3.63) is 42.0 Å². The molecule has 0 unspecified atom stereocenters. The van der Waals surface area contributed by atoms with Gasteiger partial charge in [-0.3, -0.25) is 9.59 Å². The predicted molar refractivity (Wildman–Crippen MR) is 158 cm³/mol.